The third-order valence-electron chi connectivity index (χ3n) is 5.66. The first-order valence-electron chi connectivity index (χ1n) is 9.96. The van der Waals surface area contributed by atoms with Gasteiger partial charge in [0.05, 0.1) is 0 Å². The van der Waals surface area contributed by atoms with Crippen molar-refractivity contribution in [2.24, 2.45) is 5.73 Å². The standard InChI is InChI=1S/C23H19N7/c24-19-7-4-15-13-17(5-6-18(15)19)30-22(16-3-1-10-25-14-16)27-20-8-9-21(28-23(20)30)29-12-2-11-26-29/h1-3,5-6,8-14,19H,4,7,24H2/t19-/m0/s1. The predicted octanol–water partition coefficient (Wildman–Crippen LogP) is 3.61. The molecular formula is C23H19N7. The fraction of sp³-hybridized carbons (Fsp3) is 0.130. The predicted molar refractivity (Wildman–Crippen MR) is 114 cm³/mol. The molecule has 4 aromatic heterocycles. The van der Waals surface area contributed by atoms with Gasteiger partial charge in [-0.25, -0.2) is 14.6 Å². The number of rotatable bonds is 3. The number of aromatic nitrogens is 6. The first-order chi connectivity index (χ1) is 14.8. The van der Waals surface area contributed by atoms with Gasteiger partial charge in [-0.05, 0) is 66.4 Å². The maximum Gasteiger partial charge on any atom is 0.167 e. The van der Waals surface area contributed by atoms with Gasteiger partial charge in [0, 0.05) is 42.1 Å². The van der Waals surface area contributed by atoms with E-state index in [4.69, 9.17) is 15.7 Å². The molecule has 0 aliphatic heterocycles. The SMILES string of the molecule is N[C@H]1CCc2cc(-n3c(-c4cccnc4)nc4ccc(-n5cccn5)nc43)ccc21. The molecule has 4 heterocycles. The second-order valence-corrected chi connectivity index (χ2v) is 7.50. The molecule has 0 saturated heterocycles. The first kappa shape index (κ1) is 17.1. The average Bonchev–Trinajstić information content (AvgIpc) is 3.52. The molecule has 6 rings (SSSR count). The summed E-state index contributed by atoms with van der Waals surface area (Å²) in [6.45, 7) is 0. The van der Waals surface area contributed by atoms with Crippen LogP contribution in [0.15, 0.2) is 73.3 Å². The summed E-state index contributed by atoms with van der Waals surface area (Å²) in [4.78, 5) is 14.1. The van der Waals surface area contributed by atoms with Crippen molar-refractivity contribution < 1.29 is 0 Å². The van der Waals surface area contributed by atoms with E-state index in [1.54, 1.807) is 17.1 Å². The number of fused-ring (bicyclic) bond motifs is 2. The number of imidazole rings is 1. The quantitative estimate of drug-likeness (QED) is 0.506. The summed E-state index contributed by atoms with van der Waals surface area (Å²) in [5.74, 6) is 1.56. The number of aryl methyl sites for hydroxylation is 1. The van der Waals surface area contributed by atoms with Gasteiger partial charge in [-0.1, -0.05) is 6.07 Å². The van der Waals surface area contributed by atoms with Crippen LogP contribution >= 0.6 is 0 Å². The Labute approximate surface area is 172 Å². The van der Waals surface area contributed by atoms with Crippen molar-refractivity contribution in [1.29, 1.82) is 0 Å². The summed E-state index contributed by atoms with van der Waals surface area (Å²) < 4.78 is 3.85. The van der Waals surface area contributed by atoms with E-state index in [0.717, 1.165) is 46.9 Å². The lowest BCUT2D eigenvalue weighted by Gasteiger charge is -2.12. The summed E-state index contributed by atoms with van der Waals surface area (Å²) in [5, 5.41) is 4.32. The van der Waals surface area contributed by atoms with E-state index in [-0.39, 0.29) is 6.04 Å². The van der Waals surface area contributed by atoms with Crippen LogP contribution in [0.3, 0.4) is 0 Å². The molecule has 0 unspecified atom stereocenters. The van der Waals surface area contributed by atoms with Crippen LogP contribution in [-0.2, 0) is 6.42 Å². The molecule has 7 nitrogen and oxygen atoms in total. The number of nitrogens with zero attached hydrogens (tertiary/aromatic N) is 6. The minimum atomic E-state index is 0.121. The maximum absolute atomic E-state index is 6.25. The van der Waals surface area contributed by atoms with E-state index in [1.165, 1.54) is 11.1 Å². The van der Waals surface area contributed by atoms with E-state index in [0.29, 0.717) is 0 Å². The Bertz CT molecular complexity index is 1350. The third kappa shape index (κ3) is 2.63. The Morgan fingerprint density at radius 2 is 1.97 bits per heavy atom. The first-order valence-corrected chi connectivity index (χ1v) is 9.96. The van der Waals surface area contributed by atoms with Gasteiger partial charge in [0.25, 0.3) is 0 Å². The molecule has 0 saturated carbocycles. The molecule has 0 bridgehead atoms. The van der Waals surface area contributed by atoms with Gasteiger partial charge in [0.15, 0.2) is 11.5 Å². The third-order valence-corrected chi connectivity index (χ3v) is 5.66. The molecule has 1 aromatic carbocycles. The highest BCUT2D eigenvalue weighted by Crippen LogP contribution is 2.33. The molecule has 5 aromatic rings. The number of pyridine rings is 2. The normalized spacial score (nSPS) is 15.6. The van der Waals surface area contributed by atoms with Gasteiger partial charge in [-0.3, -0.25) is 9.55 Å². The van der Waals surface area contributed by atoms with Gasteiger partial charge in [0.1, 0.15) is 11.3 Å². The smallest absolute Gasteiger partial charge is 0.167 e. The van der Waals surface area contributed by atoms with Gasteiger partial charge in [-0.2, -0.15) is 5.10 Å². The van der Waals surface area contributed by atoms with Crippen LogP contribution in [0.1, 0.15) is 23.6 Å². The molecule has 0 fully saturated rings. The van der Waals surface area contributed by atoms with E-state index in [1.807, 2.05) is 42.7 Å². The molecule has 0 amide bonds. The molecule has 30 heavy (non-hydrogen) atoms. The Morgan fingerprint density at radius 3 is 2.80 bits per heavy atom. The molecule has 146 valence electrons. The van der Waals surface area contributed by atoms with Crippen molar-refractivity contribution in [3.05, 3.63) is 84.4 Å². The van der Waals surface area contributed by atoms with Crippen LogP contribution in [0.5, 0.6) is 0 Å². The highest BCUT2D eigenvalue weighted by atomic mass is 15.3. The molecule has 2 N–H and O–H groups in total. The van der Waals surface area contributed by atoms with E-state index < -0.39 is 0 Å². The number of benzene rings is 1. The Kier molecular flexibility index (Phi) is 3.75. The number of hydrogen-bond donors (Lipinski definition) is 1. The average molecular weight is 393 g/mol. The van der Waals surface area contributed by atoms with Crippen molar-refractivity contribution >= 4 is 11.2 Å². The van der Waals surface area contributed by atoms with E-state index >= 15 is 0 Å². The molecule has 7 heteroatoms. The van der Waals surface area contributed by atoms with E-state index in [9.17, 15) is 0 Å². The molecular weight excluding hydrogens is 374 g/mol. The highest BCUT2D eigenvalue weighted by Gasteiger charge is 2.22. The van der Waals surface area contributed by atoms with Gasteiger partial charge < -0.3 is 5.73 Å². The summed E-state index contributed by atoms with van der Waals surface area (Å²) in [6.07, 6.45) is 9.20. The van der Waals surface area contributed by atoms with Gasteiger partial charge in [0.2, 0.25) is 0 Å². The summed E-state index contributed by atoms with van der Waals surface area (Å²) in [6, 6.07) is 16.3. The molecule has 1 aliphatic carbocycles. The highest BCUT2D eigenvalue weighted by molar-refractivity contribution is 5.80. The van der Waals surface area contributed by atoms with Crippen LogP contribution < -0.4 is 5.73 Å². The second kappa shape index (κ2) is 6.60. The van der Waals surface area contributed by atoms with Crippen LogP contribution in [0, 0.1) is 0 Å². The second-order valence-electron chi connectivity index (χ2n) is 7.50. The lowest BCUT2D eigenvalue weighted by atomic mass is 10.1. The van der Waals surface area contributed by atoms with Crippen molar-refractivity contribution in [3.63, 3.8) is 0 Å². The van der Waals surface area contributed by atoms with Crippen molar-refractivity contribution in [3.8, 4) is 22.9 Å². The molecule has 0 radical (unpaired) electrons. The minimum absolute atomic E-state index is 0.121. The fourth-order valence-corrected chi connectivity index (χ4v) is 4.19. The zero-order valence-electron chi connectivity index (χ0n) is 16.2. The zero-order chi connectivity index (χ0) is 20.1. The number of hydrogen-bond acceptors (Lipinski definition) is 5. The lowest BCUT2D eigenvalue weighted by Crippen LogP contribution is -2.06. The number of nitrogens with two attached hydrogens (primary N) is 1. The van der Waals surface area contributed by atoms with Crippen LogP contribution in [0.25, 0.3) is 34.1 Å². The summed E-state index contributed by atoms with van der Waals surface area (Å²) in [7, 11) is 0. The van der Waals surface area contributed by atoms with Crippen LogP contribution in [-0.4, -0.2) is 29.3 Å². The summed E-state index contributed by atoms with van der Waals surface area (Å²) in [5.41, 5.74) is 12.3. The largest absolute Gasteiger partial charge is 0.324 e. The van der Waals surface area contributed by atoms with Crippen molar-refractivity contribution in [2.45, 2.75) is 18.9 Å². The minimum Gasteiger partial charge on any atom is -0.324 e. The maximum atomic E-state index is 6.25. The Hall–Kier alpha value is -3.84. The topological polar surface area (TPSA) is 87.4 Å². The Balaban J connectivity index is 1.62. The van der Waals surface area contributed by atoms with Crippen molar-refractivity contribution in [2.75, 3.05) is 0 Å². The monoisotopic (exact) mass is 393 g/mol. The van der Waals surface area contributed by atoms with Crippen LogP contribution in [0.2, 0.25) is 0 Å². The molecule has 1 atom stereocenters. The van der Waals surface area contributed by atoms with E-state index in [2.05, 4.69) is 32.8 Å². The Morgan fingerprint density at radius 1 is 1.00 bits per heavy atom. The molecule has 0 spiro atoms. The molecule has 1 aliphatic rings. The van der Waals surface area contributed by atoms with Crippen LogP contribution in [0.4, 0.5) is 0 Å². The summed E-state index contributed by atoms with van der Waals surface area (Å²) >= 11 is 0. The van der Waals surface area contributed by atoms with Gasteiger partial charge in [-0.15, -0.1) is 0 Å². The van der Waals surface area contributed by atoms with Gasteiger partial charge >= 0.3 is 0 Å². The lowest BCUT2D eigenvalue weighted by molar-refractivity contribution is 0.713. The van der Waals surface area contributed by atoms with Crippen molar-refractivity contribution in [1.82, 2.24) is 29.3 Å². The fourth-order valence-electron chi connectivity index (χ4n) is 4.19. The zero-order valence-corrected chi connectivity index (χ0v) is 16.2.